The first kappa shape index (κ1) is 53.8. The van der Waals surface area contributed by atoms with Crippen LogP contribution in [0.15, 0.2) is 30.3 Å². The molecule has 0 radical (unpaired) electrons. The number of likely N-dealkylation sites (tertiary alicyclic amines) is 1. The molecule has 64 heavy (non-hydrogen) atoms. The van der Waals surface area contributed by atoms with E-state index >= 15 is 0 Å². The number of nitrogens with zero attached hydrogens (tertiary/aromatic N) is 1. The Morgan fingerprint density at radius 1 is 0.750 bits per heavy atom. The van der Waals surface area contributed by atoms with Crippen molar-refractivity contribution in [3.05, 3.63) is 35.9 Å². The molecule has 0 unspecified atom stereocenters. The number of amides is 9. The maximum absolute atomic E-state index is 13.5. The van der Waals surface area contributed by atoms with Gasteiger partial charge in [0.15, 0.2) is 0 Å². The van der Waals surface area contributed by atoms with Gasteiger partial charge in [0.2, 0.25) is 53.2 Å². The number of carboxylic acids is 2. The first-order valence-electron chi connectivity index (χ1n) is 20.5. The number of hydrogen-bond donors (Lipinski definition) is 11. The molecule has 0 bridgehead atoms. The summed E-state index contributed by atoms with van der Waals surface area (Å²) in [4.78, 5) is 140. The van der Waals surface area contributed by atoms with Gasteiger partial charge in [-0.2, -0.15) is 11.8 Å². The maximum Gasteiger partial charge on any atom is 0.326 e. The van der Waals surface area contributed by atoms with Gasteiger partial charge in [0.25, 0.3) is 0 Å². The Kier molecular flexibility index (Phi) is 22.7. The number of nitrogens with one attached hydrogen (secondary N) is 7. The average molecular weight is 921 g/mol. The Morgan fingerprint density at radius 2 is 1.36 bits per heavy atom. The number of nitrogens with two attached hydrogens (primary N) is 2. The van der Waals surface area contributed by atoms with Crippen molar-refractivity contribution in [3.8, 4) is 0 Å². The van der Waals surface area contributed by atoms with Gasteiger partial charge >= 0.3 is 11.9 Å². The standard InChI is InChI=1S/C40H60N10O13S/c1-21(2)15-26(47-36(58)25(12-14-64-4)46-34(56)24(41)17-30(42)51)37(59)48-27(18-33(54)55)35(57)44-19-31(52)43-20-32(53)45-22(3)39(61)50-13-8-11-29(50)38(60)49-28(40(62)63)16-23-9-6-5-7-10-23/h5-7,9-10,21-22,24-29H,8,11-20,41H2,1-4H3,(H2,42,51)(H,43,52)(H,44,57)(H,45,53)(H,46,56)(H,47,58)(H,48,59)(H,49,60)(H,54,55)(H,62,63)/t22-,24-,25-,26-,27-,28-,29-/m0/s1. The molecule has 1 aromatic rings. The van der Waals surface area contributed by atoms with E-state index in [1.807, 2.05) is 0 Å². The van der Waals surface area contributed by atoms with E-state index in [1.165, 1.54) is 23.6 Å². The van der Waals surface area contributed by atoms with E-state index in [9.17, 15) is 63.0 Å². The summed E-state index contributed by atoms with van der Waals surface area (Å²) in [6, 6.07) is -0.274. The van der Waals surface area contributed by atoms with Crippen molar-refractivity contribution in [2.24, 2.45) is 17.4 Å². The van der Waals surface area contributed by atoms with Gasteiger partial charge in [-0.25, -0.2) is 4.79 Å². The van der Waals surface area contributed by atoms with E-state index in [4.69, 9.17) is 11.5 Å². The fourth-order valence-electron chi connectivity index (χ4n) is 6.48. The molecular formula is C40H60N10O13S. The molecule has 1 fully saturated rings. The van der Waals surface area contributed by atoms with Gasteiger partial charge in [-0.05, 0) is 56.1 Å². The van der Waals surface area contributed by atoms with E-state index in [0.717, 1.165) is 0 Å². The topological polar surface area (TPSA) is 368 Å². The lowest BCUT2D eigenvalue weighted by molar-refractivity contribution is -0.144. The molecule has 0 aliphatic carbocycles. The average Bonchev–Trinajstić information content (AvgIpc) is 3.72. The van der Waals surface area contributed by atoms with Crippen LogP contribution in [0, 0.1) is 5.92 Å². The van der Waals surface area contributed by atoms with E-state index in [-0.39, 0.29) is 38.1 Å². The highest BCUT2D eigenvalue weighted by atomic mass is 32.2. The van der Waals surface area contributed by atoms with Gasteiger partial charge in [0, 0.05) is 13.0 Å². The Balaban J connectivity index is 1.97. The summed E-state index contributed by atoms with van der Waals surface area (Å²) in [6.07, 6.45) is 1.23. The van der Waals surface area contributed by atoms with Gasteiger partial charge in [0.1, 0.15) is 36.3 Å². The van der Waals surface area contributed by atoms with Gasteiger partial charge < -0.3 is 63.8 Å². The number of aliphatic carboxylic acids is 2. The van der Waals surface area contributed by atoms with Crippen molar-refractivity contribution in [3.63, 3.8) is 0 Å². The largest absolute Gasteiger partial charge is 0.481 e. The van der Waals surface area contributed by atoms with E-state index in [0.29, 0.717) is 17.7 Å². The summed E-state index contributed by atoms with van der Waals surface area (Å²) < 4.78 is 0. The fraction of sp³-hybridized carbons (Fsp3) is 0.575. The van der Waals surface area contributed by atoms with Crippen LogP contribution in [0.5, 0.6) is 0 Å². The number of hydrogen-bond acceptors (Lipinski definition) is 13. The molecule has 354 valence electrons. The van der Waals surface area contributed by atoms with Crippen LogP contribution in [0.25, 0.3) is 0 Å². The van der Waals surface area contributed by atoms with Gasteiger partial charge in [-0.1, -0.05) is 44.2 Å². The molecule has 1 aliphatic heterocycles. The SMILES string of the molecule is CSCC[C@H](NC(=O)[C@@H](N)CC(N)=O)C(=O)N[C@@H](CC(C)C)C(=O)N[C@@H](CC(=O)O)C(=O)NCC(=O)NCC(=O)N[C@@H](C)C(=O)N1CCC[C@H]1C(=O)N[C@@H](Cc1ccccc1)C(=O)O. The molecule has 1 heterocycles. The lowest BCUT2D eigenvalue weighted by Gasteiger charge is -2.28. The molecule has 23 nitrogen and oxygen atoms in total. The molecule has 2 rings (SSSR count). The Bertz CT molecular complexity index is 1850. The van der Waals surface area contributed by atoms with Gasteiger partial charge in [0.05, 0.1) is 32.0 Å². The highest BCUT2D eigenvalue weighted by Gasteiger charge is 2.38. The Morgan fingerprint density at radius 3 is 1.95 bits per heavy atom. The van der Waals surface area contributed by atoms with Crippen LogP contribution in [-0.2, 0) is 59.2 Å². The van der Waals surface area contributed by atoms with Crippen LogP contribution < -0.4 is 48.7 Å². The predicted molar refractivity (Wildman–Crippen MR) is 230 cm³/mol. The summed E-state index contributed by atoms with van der Waals surface area (Å²) in [5, 5.41) is 35.8. The molecule has 24 heteroatoms. The Labute approximate surface area is 374 Å². The van der Waals surface area contributed by atoms with Crippen molar-refractivity contribution >= 4 is 76.9 Å². The molecule has 0 saturated carbocycles. The minimum absolute atomic E-state index is 0.0214. The van der Waals surface area contributed by atoms with E-state index in [1.54, 1.807) is 50.4 Å². The minimum atomic E-state index is -1.73. The summed E-state index contributed by atoms with van der Waals surface area (Å²) in [5.74, 6) is -10.0. The molecule has 1 saturated heterocycles. The number of primary amides is 1. The molecule has 7 atom stereocenters. The predicted octanol–water partition coefficient (Wildman–Crippen LogP) is -3.54. The zero-order valence-electron chi connectivity index (χ0n) is 36.2. The lowest BCUT2D eigenvalue weighted by Crippen LogP contribution is -2.58. The normalized spacial score (nSPS) is 16.1. The molecule has 9 amide bonds. The van der Waals surface area contributed by atoms with Gasteiger partial charge in [-0.15, -0.1) is 0 Å². The molecule has 1 aromatic carbocycles. The van der Waals surface area contributed by atoms with E-state index < -0.39 is 133 Å². The number of benzene rings is 1. The summed E-state index contributed by atoms with van der Waals surface area (Å²) in [7, 11) is 0. The van der Waals surface area contributed by atoms with Crippen LogP contribution >= 0.6 is 11.8 Å². The summed E-state index contributed by atoms with van der Waals surface area (Å²) in [5.41, 5.74) is 11.5. The first-order chi connectivity index (χ1) is 30.1. The molecule has 0 aromatic heterocycles. The highest BCUT2D eigenvalue weighted by molar-refractivity contribution is 7.98. The van der Waals surface area contributed by atoms with Crippen LogP contribution in [0.3, 0.4) is 0 Å². The zero-order chi connectivity index (χ0) is 48.1. The zero-order valence-corrected chi connectivity index (χ0v) is 37.0. The number of carbonyl (C=O) groups is 11. The Hall–Kier alpha value is -6.30. The monoisotopic (exact) mass is 920 g/mol. The lowest BCUT2D eigenvalue weighted by atomic mass is 10.0. The molecule has 0 spiro atoms. The van der Waals surface area contributed by atoms with Crippen LogP contribution in [0.4, 0.5) is 0 Å². The maximum atomic E-state index is 13.5. The quantitative estimate of drug-likeness (QED) is 0.0407. The number of carbonyl (C=O) groups excluding carboxylic acids is 9. The van der Waals surface area contributed by atoms with Crippen molar-refractivity contribution in [2.45, 2.75) is 108 Å². The molecule has 1 aliphatic rings. The number of carboxylic acid groups (broad SMARTS) is 2. The summed E-state index contributed by atoms with van der Waals surface area (Å²) >= 11 is 1.37. The molecular weight excluding hydrogens is 861 g/mol. The minimum Gasteiger partial charge on any atom is -0.481 e. The van der Waals surface area contributed by atoms with E-state index in [2.05, 4.69) is 37.2 Å². The van der Waals surface area contributed by atoms with Crippen molar-refractivity contribution < 1.29 is 63.0 Å². The van der Waals surface area contributed by atoms with Crippen molar-refractivity contribution in [1.29, 1.82) is 0 Å². The van der Waals surface area contributed by atoms with Gasteiger partial charge in [-0.3, -0.25) is 47.9 Å². The second-order valence-electron chi connectivity index (χ2n) is 15.5. The third-order valence-electron chi connectivity index (χ3n) is 9.71. The number of rotatable bonds is 27. The second-order valence-corrected chi connectivity index (χ2v) is 16.5. The number of thioether (sulfide) groups is 1. The third-order valence-corrected chi connectivity index (χ3v) is 10.4. The van der Waals surface area contributed by atoms with Crippen LogP contribution in [0.1, 0.15) is 64.9 Å². The van der Waals surface area contributed by atoms with Crippen molar-refractivity contribution in [1.82, 2.24) is 42.1 Å². The third kappa shape index (κ3) is 19.0. The fourth-order valence-corrected chi connectivity index (χ4v) is 6.95. The van der Waals surface area contributed by atoms with Crippen molar-refractivity contribution in [2.75, 3.05) is 31.6 Å². The smallest absolute Gasteiger partial charge is 0.326 e. The summed E-state index contributed by atoms with van der Waals surface area (Å²) in [6.45, 7) is 3.59. The van der Waals surface area contributed by atoms with Crippen LogP contribution in [0.2, 0.25) is 0 Å². The second kappa shape index (κ2) is 27.0. The first-order valence-corrected chi connectivity index (χ1v) is 21.9. The molecule has 13 N–H and O–H groups in total. The van der Waals surface area contributed by atoms with Crippen LogP contribution in [-0.4, -0.2) is 154 Å². The highest BCUT2D eigenvalue weighted by Crippen LogP contribution is 2.19.